The molecule has 0 fully saturated rings. The number of aliphatic hydroxyl groups excluding tert-OH is 3. The van der Waals surface area contributed by atoms with Gasteiger partial charge in [-0.25, -0.2) is 0 Å². The Morgan fingerprint density at radius 3 is 1.60 bits per heavy atom. The molecular weight excluding hydrogens is 208 g/mol. The van der Waals surface area contributed by atoms with Gasteiger partial charge in [-0.2, -0.15) is 0 Å². The van der Waals surface area contributed by atoms with Crippen molar-refractivity contribution in [1.82, 2.24) is 0 Å². The molecule has 0 saturated carbocycles. The molecule has 0 bridgehead atoms. The van der Waals surface area contributed by atoms with E-state index in [9.17, 15) is 9.59 Å². The van der Waals surface area contributed by atoms with Crippen LogP contribution in [0.15, 0.2) is 0 Å². The average molecular weight is 224 g/mol. The van der Waals surface area contributed by atoms with Crippen molar-refractivity contribution in [2.75, 3.05) is 13.2 Å². The SMILES string of the molecule is CC(CC(=O)O)C(=O)O.OCC(O)CO. The molecule has 0 spiro atoms. The van der Waals surface area contributed by atoms with E-state index in [1.807, 2.05) is 0 Å². The smallest absolute Gasteiger partial charge is 0.306 e. The summed E-state index contributed by atoms with van der Waals surface area (Å²) in [6, 6.07) is 0. The number of aliphatic carboxylic acids is 2. The maximum absolute atomic E-state index is 9.97. The summed E-state index contributed by atoms with van der Waals surface area (Å²) in [7, 11) is 0. The Morgan fingerprint density at radius 1 is 1.13 bits per heavy atom. The molecule has 0 rings (SSSR count). The topological polar surface area (TPSA) is 135 Å². The van der Waals surface area contributed by atoms with Gasteiger partial charge < -0.3 is 25.5 Å². The fourth-order valence-corrected chi connectivity index (χ4v) is 0.407. The largest absolute Gasteiger partial charge is 0.481 e. The second-order valence-electron chi connectivity index (χ2n) is 2.86. The Labute approximate surface area is 86.6 Å². The van der Waals surface area contributed by atoms with Crippen molar-refractivity contribution in [3.63, 3.8) is 0 Å². The first kappa shape index (κ1) is 16.3. The van der Waals surface area contributed by atoms with Crippen LogP contribution in [0.3, 0.4) is 0 Å². The molecule has 1 atom stereocenters. The van der Waals surface area contributed by atoms with Crippen LogP contribution in [-0.4, -0.2) is 56.8 Å². The normalized spacial score (nSPS) is 11.5. The highest BCUT2D eigenvalue weighted by Crippen LogP contribution is 1.99. The van der Waals surface area contributed by atoms with Crippen LogP contribution in [0.2, 0.25) is 0 Å². The summed E-state index contributed by atoms with van der Waals surface area (Å²) in [6.07, 6.45) is -1.26. The summed E-state index contributed by atoms with van der Waals surface area (Å²) in [5.74, 6) is -2.94. The Bertz CT molecular complexity index is 187. The third kappa shape index (κ3) is 12.8. The predicted molar refractivity (Wildman–Crippen MR) is 49.2 cm³/mol. The Kier molecular flexibility index (Phi) is 10.2. The molecule has 0 aliphatic heterocycles. The van der Waals surface area contributed by atoms with Crippen LogP contribution in [0.25, 0.3) is 0 Å². The first-order valence-corrected chi connectivity index (χ1v) is 4.19. The third-order valence-corrected chi connectivity index (χ3v) is 1.32. The zero-order chi connectivity index (χ0) is 12.4. The van der Waals surface area contributed by atoms with E-state index in [4.69, 9.17) is 25.5 Å². The molecule has 0 aliphatic carbocycles. The molecule has 7 heteroatoms. The van der Waals surface area contributed by atoms with Crippen LogP contribution in [0.5, 0.6) is 0 Å². The van der Waals surface area contributed by atoms with Crippen molar-refractivity contribution >= 4 is 11.9 Å². The van der Waals surface area contributed by atoms with Gasteiger partial charge in [0.2, 0.25) is 0 Å². The van der Waals surface area contributed by atoms with E-state index in [0.717, 1.165) is 0 Å². The van der Waals surface area contributed by atoms with Crippen molar-refractivity contribution in [3.8, 4) is 0 Å². The van der Waals surface area contributed by atoms with E-state index in [0.29, 0.717) is 0 Å². The fourth-order valence-electron chi connectivity index (χ4n) is 0.407. The molecule has 0 aromatic carbocycles. The predicted octanol–water partition coefficient (Wildman–Crippen LogP) is -1.49. The zero-order valence-electron chi connectivity index (χ0n) is 8.33. The lowest BCUT2D eigenvalue weighted by atomic mass is 10.1. The molecule has 90 valence electrons. The van der Waals surface area contributed by atoms with Crippen LogP contribution >= 0.6 is 0 Å². The minimum atomic E-state index is -1.08. The molecule has 0 saturated heterocycles. The minimum Gasteiger partial charge on any atom is -0.481 e. The lowest BCUT2D eigenvalue weighted by Gasteiger charge is -1.98. The average Bonchev–Trinajstić information content (AvgIpc) is 2.16. The molecule has 0 aromatic heterocycles. The summed E-state index contributed by atoms with van der Waals surface area (Å²) < 4.78 is 0. The van der Waals surface area contributed by atoms with Crippen LogP contribution in [0.4, 0.5) is 0 Å². The highest BCUT2D eigenvalue weighted by molar-refractivity contribution is 5.77. The van der Waals surface area contributed by atoms with Crippen LogP contribution in [-0.2, 0) is 9.59 Å². The second kappa shape index (κ2) is 9.38. The number of hydrogen-bond donors (Lipinski definition) is 5. The van der Waals surface area contributed by atoms with Gasteiger partial charge in [-0.1, -0.05) is 6.92 Å². The van der Waals surface area contributed by atoms with Gasteiger partial charge in [0, 0.05) is 0 Å². The molecule has 0 radical (unpaired) electrons. The number of aliphatic hydroxyl groups is 3. The maximum atomic E-state index is 9.97. The number of carbonyl (C=O) groups is 2. The highest BCUT2D eigenvalue weighted by atomic mass is 16.4. The first-order valence-electron chi connectivity index (χ1n) is 4.19. The van der Waals surface area contributed by atoms with Gasteiger partial charge in [-0.3, -0.25) is 9.59 Å². The van der Waals surface area contributed by atoms with Crippen LogP contribution < -0.4 is 0 Å². The molecule has 0 aromatic rings. The van der Waals surface area contributed by atoms with Gasteiger partial charge in [0.25, 0.3) is 0 Å². The van der Waals surface area contributed by atoms with Crippen molar-refractivity contribution in [1.29, 1.82) is 0 Å². The molecule has 15 heavy (non-hydrogen) atoms. The molecule has 0 heterocycles. The van der Waals surface area contributed by atoms with E-state index < -0.39 is 24.0 Å². The van der Waals surface area contributed by atoms with Crippen LogP contribution in [0, 0.1) is 5.92 Å². The summed E-state index contributed by atoms with van der Waals surface area (Å²) in [4.78, 5) is 19.8. The van der Waals surface area contributed by atoms with E-state index in [-0.39, 0.29) is 19.6 Å². The fraction of sp³-hybridized carbons (Fsp3) is 0.750. The van der Waals surface area contributed by atoms with Gasteiger partial charge >= 0.3 is 11.9 Å². The Morgan fingerprint density at radius 2 is 1.53 bits per heavy atom. The quantitative estimate of drug-likeness (QED) is 0.384. The molecule has 7 nitrogen and oxygen atoms in total. The standard InChI is InChI=1S/C5H8O4.C3H8O3/c1-3(5(8)9)2-4(6)7;4-1-3(6)2-5/h3H,2H2,1H3,(H,6,7)(H,8,9);3-6H,1-2H2. The molecular formula is C8H16O7. The molecule has 0 amide bonds. The Balaban J connectivity index is 0. The van der Waals surface area contributed by atoms with E-state index in [2.05, 4.69) is 0 Å². The summed E-state index contributed by atoms with van der Waals surface area (Å²) in [5, 5.41) is 40.3. The lowest BCUT2D eigenvalue weighted by Crippen LogP contribution is -2.15. The van der Waals surface area contributed by atoms with Crippen molar-refractivity contribution in [3.05, 3.63) is 0 Å². The summed E-state index contributed by atoms with van der Waals surface area (Å²) in [6.45, 7) is 0.628. The summed E-state index contributed by atoms with van der Waals surface area (Å²) >= 11 is 0. The number of carboxylic acids is 2. The Hall–Kier alpha value is -1.18. The number of rotatable bonds is 5. The van der Waals surface area contributed by atoms with Gasteiger partial charge in [0.15, 0.2) is 0 Å². The van der Waals surface area contributed by atoms with Crippen LogP contribution in [0.1, 0.15) is 13.3 Å². The van der Waals surface area contributed by atoms with E-state index in [1.165, 1.54) is 6.92 Å². The van der Waals surface area contributed by atoms with Gasteiger partial charge in [-0.15, -0.1) is 0 Å². The number of hydrogen-bond acceptors (Lipinski definition) is 5. The van der Waals surface area contributed by atoms with Gasteiger partial charge in [-0.05, 0) is 0 Å². The third-order valence-electron chi connectivity index (χ3n) is 1.32. The minimum absolute atomic E-state index is 0.310. The first-order chi connectivity index (χ1) is 6.84. The van der Waals surface area contributed by atoms with E-state index in [1.54, 1.807) is 0 Å². The molecule has 0 aliphatic rings. The number of carboxylic acid groups (broad SMARTS) is 2. The second-order valence-corrected chi connectivity index (χ2v) is 2.86. The van der Waals surface area contributed by atoms with Gasteiger partial charge in [0.1, 0.15) is 6.10 Å². The molecule has 1 unspecified atom stereocenters. The maximum Gasteiger partial charge on any atom is 0.306 e. The highest BCUT2D eigenvalue weighted by Gasteiger charge is 2.13. The van der Waals surface area contributed by atoms with Gasteiger partial charge in [0.05, 0.1) is 25.6 Å². The monoisotopic (exact) mass is 224 g/mol. The molecule has 5 N–H and O–H groups in total. The van der Waals surface area contributed by atoms with E-state index >= 15 is 0 Å². The lowest BCUT2D eigenvalue weighted by molar-refractivity contribution is -0.147. The van der Waals surface area contributed by atoms with Crippen molar-refractivity contribution in [2.45, 2.75) is 19.4 Å². The van der Waals surface area contributed by atoms with Crippen molar-refractivity contribution < 1.29 is 35.1 Å². The van der Waals surface area contributed by atoms with Crippen molar-refractivity contribution in [2.24, 2.45) is 5.92 Å². The summed E-state index contributed by atoms with van der Waals surface area (Å²) in [5.41, 5.74) is 0. The zero-order valence-corrected chi connectivity index (χ0v) is 8.33.